The highest BCUT2D eigenvalue weighted by molar-refractivity contribution is 6.35. The normalized spacial score (nSPS) is 13.8. The first-order chi connectivity index (χ1) is 14.5. The van der Waals surface area contributed by atoms with Crippen molar-refractivity contribution >= 4 is 29.0 Å². The average Bonchev–Trinajstić information content (AvgIpc) is 2.99. The van der Waals surface area contributed by atoms with Gasteiger partial charge in [0.15, 0.2) is 0 Å². The molecular weight excluding hydrogens is 380 g/mol. The largest absolute Gasteiger partial charge is 0.366 e. The van der Waals surface area contributed by atoms with Gasteiger partial charge in [-0.1, -0.05) is 12.1 Å². The van der Waals surface area contributed by atoms with Gasteiger partial charge in [0.05, 0.1) is 5.57 Å². The Kier molecular flexibility index (Phi) is 6.61. The van der Waals surface area contributed by atoms with Gasteiger partial charge in [0.2, 0.25) is 5.91 Å². The van der Waals surface area contributed by atoms with E-state index in [9.17, 15) is 14.4 Å². The summed E-state index contributed by atoms with van der Waals surface area (Å²) in [5, 5.41) is 2.71. The number of anilines is 1. The molecule has 0 bridgehead atoms. The molecule has 3 amide bonds. The number of carbonyl (C=O) groups excluding carboxylic acids is 3. The van der Waals surface area contributed by atoms with Crippen LogP contribution in [0.1, 0.15) is 31.9 Å². The fraction of sp³-hybridized carbons (Fsp3) is 0.304. The van der Waals surface area contributed by atoms with Gasteiger partial charge in [-0.2, -0.15) is 0 Å². The van der Waals surface area contributed by atoms with Crippen LogP contribution in [0.15, 0.2) is 54.5 Å². The smallest absolute Gasteiger partial charge is 0.277 e. The number of likely N-dealkylation sites (N-methyl/N-ethyl adjacent to an activating group) is 2. The molecule has 3 rings (SSSR count). The standard InChI is InChI=1S/C23H26N4O3/c1-4-26(15-12-17-10-13-24-14-11-17)21-20(22(29)27(5-2)23(21)30)18-6-8-19(9-7-18)25-16(3)28/h6-11,13-14H,4-5,12,15H2,1-3H3,(H,25,28). The van der Waals surface area contributed by atoms with E-state index in [2.05, 4.69) is 10.3 Å². The third kappa shape index (κ3) is 4.40. The summed E-state index contributed by atoms with van der Waals surface area (Å²) < 4.78 is 0. The van der Waals surface area contributed by atoms with Gasteiger partial charge < -0.3 is 10.2 Å². The predicted octanol–water partition coefficient (Wildman–Crippen LogP) is 2.70. The van der Waals surface area contributed by atoms with Gasteiger partial charge >= 0.3 is 0 Å². The second-order valence-corrected chi connectivity index (χ2v) is 7.02. The molecular formula is C23H26N4O3. The molecule has 7 heteroatoms. The Morgan fingerprint density at radius 1 is 1.03 bits per heavy atom. The molecule has 1 aliphatic rings. The molecule has 0 spiro atoms. The molecule has 0 atom stereocenters. The van der Waals surface area contributed by atoms with Crippen LogP contribution in [-0.2, 0) is 20.8 Å². The van der Waals surface area contributed by atoms with Crippen LogP contribution in [0.4, 0.5) is 5.69 Å². The highest BCUT2D eigenvalue weighted by atomic mass is 16.2. The highest BCUT2D eigenvalue weighted by Gasteiger charge is 2.40. The van der Waals surface area contributed by atoms with Gasteiger partial charge in [0.1, 0.15) is 5.70 Å². The maximum absolute atomic E-state index is 13.1. The molecule has 0 radical (unpaired) electrons. The summed E-state index contributed by atoms with van der Waals surface area (Å²) in [5.41, 5.74) is 3.27. The number of benzene rings is 1. The van der Waals surface area contributed by atoms with Crippen LogP contribution in [0.25, 0.3) is 5.57 Å². The van der Waals surface area contributed by atoms with Crippen molar-refractivity contribution in [1.82, 2.24) is 14.8 Å². The number of carbonyl (C=O) groups is 3. The van der Waals surface area contributed by atoms with Gasteiger partial charge in [-0.3, -0.25) is 24.3 Å². The Morgan fingerprint density at radius 3 is 2.27 bits per heavy atom. The first-order valence-corrected chi connectivity index (χ1v) is 10.1. The number of nitrogens with one attached hydrogen (secondary N) is 1. The predicted molar refractivity (Wildman–Crippen MR) is 115 cm³/mol. The highest BCUT2D eigenvalue weighted by Crippen LogP contribution is 2.32. The molecule has 1 aromatic carbocycles. The van der Waals surface area contributed by atoms with E-state index in [0.717, 1.165) is 12.0 Å². The Bertz CT molecular complexity index is 968. The van der Waals surface area contributed by atoms with Crippen LogP contribution in [-0.4, -0.2) is 52.1 Å². The molecule has 0 aliphatic carbocycles. The summed E-state index contributed by atoms with van der Waals surface area (Å²) >= 11 is 0. The van der Waals surface area contributed by atoms with Crippen molar-refractivity contribution in [2.45, 2.75) is 27.2 Å². The van der Waals surface area contributed by atoms with Crippen molar-refractivity contribution < 1.29 is 14.4 Å². The minimum Gasteiger partial charge on any atom is -0.366 e. The third-order valence-electron chi connectivity index (χ3n) is 5.07. The van der Waals surface area contributed by atoms with E-state index in [1.807, 2.05) is 24.0 Å². The van der Waals surface area contributed by atoms with E-state index in [1.54, 1.807) is 43.6 Å². The maximum atomic E-state index is 13.1. The molecule has 1 N–H and O–H groups in total. The summed E-state index contributed by atoms with van der Waals surface area (Å²) in [6.45, 7) is 6.74. The first-order valence-electron chi connectivity index (χ1n) is 10.1. The number of imide groups is 1. The van der Waals surface area contributed by atoms with Crippen molar-refractivity contribution in [3.05, 3.63) is 65.6 Å². The second-order valence-electron chi connectivity index (χ2n) is 7.02. The van der Waals surface area contributed by atoms with Gasteiger partial charge in [-0.15, -0.1) is 0 Å². The quantitative estimate of drug-likeness (QED) is 0.682. The lowest BCUT2D eigenvalue weighted by atomic mass is 10.0. The molecule has 1 aliphatic heterocycles. The van der Waals surface area contributed by atoms with Crippen molar-refractivity contribution in [3.63, 3.8) is 0 Å². The number of amides is 3. The zero-order valence-electron chi connectivity index (χ0n) is 17.5. The molecule has 0 saturated carbocycles. The number of pyridine rings is 1. The lowest BCUT2D eigenvalue weighted by molar-refractivity contribution is -0.137. The number of nitrogens with zero attached hydrogens (tertiary/aromatic N) is 3. The molecule has 156 valence electrons. The van der Waals surface area contributed by atoms with Crippen LogP contribution < -0.4 is 5.32 Å². The molecule has 30 heavy (non-hydrogen) atoms. The lowest BCUT2D eigenvalue weighted by Gasteiger charge is -2.24. The minimum absolute atomic E-state index is 0.166. The van der Waals surface area contributed by atoms with Crippen LogP contribution in [0.3, 0.4) is 0 Å². The van der Waals surface area contributed by atoms with E-state index in [0.29, 0.717) is 42.2 Å². The zero-order valence-corrected chi connectivity index (χ0v) is 17.5. The van der Waals surface area contributed by atoms with Gasteiger partial charge in [0, 0.05) is 44.6 Å². The molecule has 0 saturated heterocycles. The van der Waals surface area contributed by atoms with Crippen molar-refractivity contribution in [1.29, 1.82) is 0 Å². The molecule has 2 aromatic rings. The second kappa shape index (κ2) is 9.35. The first kappa shape index (κ1) is 21.2. The number of hydrogen-bond donors (Lipinski definition) is 1. The van der Waals surface area contributed by atoms with E-state index >= 15 is 0 Å². The van der Waals surface area contributed by atoms with Crippen molar-refractivity contribution in [2.24, 2.45) is 0 Å². The zero-order chi connectivity index (χ0) is 21.7. The lowest BCUT2D eigenvalue weighted by Crippen LogP contribution is -2.35. The summed E-state index contributed by atoms with van der Waals surface area (Å²) in [4.78, 5) is 44.7. The summed E-state index contributed by atoms with van der Waals surface area (Å²) in [6, 6.07) is 10.9. The molecule has 7 nitrogen and oxygen atoms in total. The summed E-state index contributed by atoms with van der Waals surface area (Å²) in [7, 11) is 0. The van der Waals surface area contributed by atoms with Crippen LogP contribution in [0.2, 0.25) is 0 Å². The molecule has 2 heterocycles. The van der Waals surface area contributed by atoms with Gasteiger partial charge in [-0.05, 0) is 55.7 Å². The number of hydrogen-bond acceptors (Lipinski definition) is 5. The van der Waals surface area contributed by atoms with E-state index in [-0.39, 0.29) is 17.7 Å². The van der Waals surface area contributed by atoms with Crippen molar-refractivity contribution in [3.8, 4) is 0 Å². The van der Waals surface area contributed by atoms with E-state index < -0.39 is 0 Å². The fourth-order valence-corrected chi connectivity index (χ4v) is 3.57. The van der Waals surface area contributed by atoms with Gasteiger partial charge in [0.25, 0.3) is 11.8 Å². The average molecular weight is 406 g/mol. The fourth-order valence-electron chi connectivity index (χ4n) is 3.57. The van der Waals surface area contributed by atoms with Gasteiger partial charge in [-0.25, -0.2) is 0 Å². The Balaban J connectivity index is 1.96. The third-order valence-corrected chi connectivity index (χ3v) is 5.07. The SMILES string of the molecule is CCN(CCc1ccncc1)C1=C(c2ccc(NC(C)=O)cc2)C(=O)N(CC)C1=O. The topological polar surface area (TPSA) is 82.6 Å². The Labute approximate surface area is 176 Å². The molecule has 0 fully saturated rings. The number of rotatable bonds is 8. The van der Waals surface area contributed by atoms with Crippen LogP contribution in [0, 0.1) is 0 Å². The minimum atomic E-state index is -0.285. The maximum Gasteiger partial charge on any atom is 0.277 e. The molecule has 0 unspecified atom stereocenters. The van der Waals surface area contributed by atoms with E-state index in [4.69, 9.17) is 0 Å². The van der Waals surface area contributed by atoms with Crippen LogP contribution in [0.5, 0.6) is 0 Å². The van der Waals surface area contributed by atoms with Crippen LogP contribution >= 0.6 is 0 Å². The Hall–Kier alpha value is -3.48. The van der Waals surface area contributed by atoms with Crippen molar-refractivity contribution in [2.75, 3.05) is 25.0 Å². The summed E-state index contributed by atoms with van der Waals surface area (Å²) in [5.74, 6) is -0.715. The Morgan fingerprint density at radius 2 is 1.70 bits per heavy atom. The van der Waals surface area contributed by atoms with E-state index in [1.165, 1.54) is 11.8 Å². The number of aromatic nitrogens is 1. The molecule has 1 aromatic heterocycles. The monoisotopic (exact) mass is 406 g/mol. The summed E-state index contributed by atoms with van der Waals surface area (Å²) in [6.07, 6.45) is 4.23.